The maximum absolute atomic E-state index is 13.2. The van der Waals surface area contributed by atoms with Gasteiger partial charge in [-0.2, -0.15) is 5.10 Å². The van der Waals surface area contributed by atoms with Gasteiger partial charge in [0.05, 0.1) is 12.0 Å². The summed E-state index contributed by atoms with van der Waals surface area (Å²) in [6, 6.07) is 12.3. The number of phenolic OH excluding ortho intramolecular Hbond substituents is 1. The molecule has 0 aromatic heterocycles. The van der Waals surface area contributed by atoms with Crippen molar-refractivity contribution in [2.75, 3.05) is 12.3 Å². The van der Waals surface area contributed by atoms with Gasteiger partial charge in [0.2, 0.25) is 21.8 Å². The largest absolute Gasteiger partial charge is 0.507 e. The van der Waals surface area contributed by atoms with E-state index in [0.717, 1.165) is 5.56 Å². The Morgan fingerprint density at radius 3 is 2.56 bits per heavy atom. The van der Waals surface area contributed by atoms with Crippen LogP contribution in [0.3, 0.4) is 0 Å². The van der Waals surface area contributed by atoms with Gasteiger partial charge in [-0.3, -0.25) is 9.59 Å². The molecule has 3 rings (SSSR count). The first kappa shape index (κ1) is 25.2. The van der Waals surface area contributed by atoms with E-state index < -0.39 is 28.0 Å². The molecular formula is C23H29N5O5S. The molecule has 2 atom stereocenters. The molecule has 1 saturated heterocycles. The van der Waals surface area contributed by atoms with Gasteiger partial charge in [-0.25, -0.2) is 13.1 Å². The van der Waals surface area contributed by atoms with Crippen molar-refractivity contribution in [2.24, 2.45) is 10.9 Å². The lowest BCUT2D eigenvalue weighted by atomic mass is 9.98. The Labute approximate surface area is 198 Å². The van der Waals surface area contributed by atoms with Crippen LogP contribution in [0.1, 0.15) is 30.0 Å². The fourth-order valence-electron chi connectivity index (χ4n) is 3.65. The van der Waals surface area contributed by atoms with Gasteiger partial charge in [0, 0.05) is 18.7 Å². The highest BCUT2D eigenvalue weighted by atomic mass is 32.2. The van der Waals surface area contributed by atoms with Gasteiger partial charge in [0.15, 0.2) is 0 Å². The monoisotopic (exact) mass is 487 g/mol. The molecule has 1 aliphatic heterocycles. The average molecular weight is 488 g/mol. The van der Waals surface area contributed by atoms with Crippen molar-refractivity contribution in [1.29, 1.82) is 0 Å². The van der Waals surface area contributed by atoms with E-state index >= 15 is 0 Å². The number of nitrogens with one attached hydrogen (secondary N) is 2. The van der Waals surface area contributed by atoms with Crippen LogP contribution < -0.4 is 15.9 Å². The molecule has 0 saturated carbocycles. The van der Waals surface area contributed by atoms with Crippen molar-refractivity contribution in [2.45, 2.75) is 38.4 Å². The van der Waals surface area contributed by atoms with Gasteiger partial charge in [-0.05, 0) is 43.0 Å². The van der Waals surface area contributed by atoms with E-state index in [1.165, 1.54) is 24.1 Å². The highest BCUT2D eigenvalue weighted by Gasteiger charge is 2.41. The summed E-state index contributed by atoms with van der Waals surface area (Å²) in [5.74, 6) is 4.14. The average Bonchev–Trinajstić information content (AvgIpc) is 2.79. The Hall–Kier alpha value is -3.44. The Morgan fingerprint density at radius 1 is 1.24 bits per heavy atom. The molecule has 5 N–H and O–H groups in total. The summed E-state index contributed by atoms with van der Waals surface area (Å²) >= 11 is 0. The number of sulfonamides is 1. The van der Waals surface area contributed by atoms with Gasteiger partial charge in [0.25, 0.3) is 0 Å². The maximum atomic E-state index is 13.2. The van der Waals surface area contributed by atoms with Crippen LogP contribution in [0.25, 0.3) is 0 Å². The van der Waals surface area contributed by atoms with E-state index in [0.29, 0.717) is 24.1 Å². The molecule has 1 heterocycles. The normalized spacial score (nSPS) is 16.7. The van der Waals surface area contributed by atoms with Crippen LogP contribution in [0.5, 0.6) is 5.75 Å². The third-order valence-electron chi connectivity index (χ3n) is 5.66. The molecule has 1 fully saturated rings. The number of phenols is 1. The lowest BCUT2D eigenvalue weighted by Gasteiger charge is -2.41. The lowest BCUT2D eigenvalue weighted by Crippen LogP contribution is -2.62. The van der Waals surface area contributed by atoms with Crippen LogP contribution in [0.15, 0.2) is 53.6 Å². The molecule has 10 nitrogen and oxygen atoms in total. The zero-order valence-electron chi connectivity index (χ0n) is 18.8. The minimum absolute atomic E-state index is 0.0200. The molecule has 0 bridgehead atoms. The highest BCUT2D eigenvalue weighted by molar-refractivity contribution is 7.89. The third kappa shape index (κ3) is 6.33. The van der Waals surface area contributed by atoms with Crippen molar-refractivity contribution in [3.63, 3.8) is 0 Å². The van der Waals surface area contributed by atoms with Crippen LogP contribution in [0.4, 0.5) is 0 Å². The zero-order chi connectivity index (χ0) is 24.7. The molecule has 34 heavy (non-hydrogen) atoms. The summed E-state index contributed by atoms with van der Waals surface area (Å²) in [5.41, 5.74) is 1.92. The second-order valence-electron chi connectivity index (χ2n) is 7.99. The summed E-state index contributed by atoms with van der Waals surface area (Å²) < 4.78 is 26.9. The minimum atomic E-state index is -3.64. The van der Waals surface area contributed by atoms with Crippen LogP contribution >= 0.6 is 0 Å². The predicted molar refractivity (Wildman–Crippen MR) is 128 cm³/mol. The number of nitrogens with two attached hydrogens (primary N) is 1. The Bertz CT molecular complexity index is 1150. The number of aromatic hydroxyl groups is 1. The number of nitrogens with zero attached hydrogens (tertiary/aromatic N) is 2. The molecule has 0 spiro atoms. The molecule has 11 heteroatoms. The first-order valence-electron chi connectivity index (χ1n) is 10.9. The van der Waals surface area contributed by atoms with E-state index in [2.05, 4.69) is 15.1 Å². The highest BCUT2D eigenvalue weighted by Crippen LogP contribution is 2.21. The molecule has 182 valence electrons. The van der Waals surface area contributed by atoms with E-state index in [-0.39, 0.29) is 30.4 Å². The van der Waals surface area contributed by atoms with Gasteiger partial charge in [-0.15, -0.1) is 0 Å². The van der Waals surface area contributed by atoms with Gasteiger partial charge in [0.1, 0.15) is 17.8 Å². The van der Waals surface area contributed by atoms with Gasteiger partial charge in [-0.1, -0.05) is 36.4 Å². The van der Waals surface area contributed by atoms with Crippen LogP contribution in [0, 0.1) is 0 Å². The standard InChI is InChI=1S/C23H29N5O5S/c1-2-34(32,33)27-19(12-16-6-4-3-5-7-16)23(31)28-11-10-20(28)22(30)25-14-17-8-9-18(15-26-24)21(29)13-17/h3-9,13,15,19-20,27,29H,2,10-12,14,24H2,1H3,(H,25,30)/t19-,20+/m1/s1. The lowest BCUT2D eigenvalue weighted by molar-refractivity contribution is -0.148. The van der Waals surface area contributed by atoms with Crippen molar-refractivity contribution < 1.29 is 23.1 Å². The van der Waals surface area contributed by atoms with Crippen molar-refractivity contribution in [3.8, 4) is 5.75 Å². The summed E-state index contributed by atoms with van der Waals surface area (Å²) in [7, 11) is -3.64. The SMILES string of the molecule is CCS(=O)(=O)N[C@H](Cc1ccccc1)C(=O)N1CC[C@H]1C(=O)NCc1ccc(C=NN)c(O)c1. The maximum Gasteiger partial charge on any atom is 0.243 e. The molecule has 1 aliphatic rings. The smallest absolute Gasteiger partial charge is 0.243 e. The van der Waals surface area contributed by atoms with Crippen LogP contribution in [-0.4, -0.2) is 60.8 Å². The van der Waals surface area contributed by atoms with Gasteiger partial charge < -0.3 is 21.2 Å². The first-order valence-corrected chi connectivity index (χ1v) is 12.6. The number of hydrogen-bond donors (Lipinski definition) is 4. The fourth-order valence-corrected chi connectivity index (χ4v) is 4.43. The summed E-state index contributed by atoms with van der Waals surface area (Å²) in [4.78, 5) is 27.4. The topological polar surface area (TPSA) is 154 Å². The fraction of sp³-hybridized carbons (Fsp3) is 0.348. The van der Waals surface area contributed by atoms with Crippen LogP contribution in [-0.2, 0) is 32.6 Å². The van der Waals surface area contributed by atoms with E-state index in [1.807, 2.05) is 30.3 Å². The minimum Gasteiger partial charge on any atom is -0.507 e. The second kappa shape index (κ2) is 11.1. The van der Waals surface area contributed by atoms with Crippen molar-refractivity contribution in [1.82, 2.24) is 14.9 Å². The number of benzene rings is 2. The predicted octanol–water partition coefficient (Wildman–Crippen LogP) is 0.453. The Kier molecular flexibility index (Phi) is 8.24. The Morgan fingerprint density at radius 2 is 1.97 bits per heavy atom. The second-order valence-corrected chi connectivity index (χ2v) is 10.0. The van der Waals surface area contributed by atoms with E-state index in [9.17, 15) is 23.1 Å². The molecular weight excluding hydrogens is 458 g/mol. The molecule has 2 aromatic rings. The number of hydrazone groups is 1. The van der Waals surface area contributed by atoms with E-state index in [1.54, 1.807) is 12.1 Å². The van der Waals surface area contributed by atoms with Crippen molar-refractivity contribution in [3.05, 3.63) is 65.2 Å². The molecule has 0 unspecified atom stereocenters. The number of hydrogen-bond acceptors (Lipinski definition) is 7. The van der Waals surface area contributed by atoms with Crippen molar-refractivity contribution >= 4 is 28.1 Å². The molecule has 0 aliphatic carbocycles. The summed E-state index contributed by atoms with van der Waals surface area (Å²) in [5, 5.41) is 16.1. The molecule has 2 amide bonds. The van der Waals surface area contributed by atoms with Gasteiger partial charge >= 0.3 is 0 Å². The number of carbonyl (C=O) groups excluding carboxylic acids is 2. The quantitative estimate of drug-likeness (QED) is 0.217. The Balaban J connectivity index is 1.66. The zero-order valence-corrected chi connectivity index (χ0v) is 19.7. The van der Waals surface area contributed by atoms with Crippen LogP contribution in [0.2, 0.25) is 0 Å². The first-order chi connectivity index (χ1) is 16.2. The summed E-state index contributed by atoms with van der Waals surface area (Å²) in [6.07, 6.45) is 1.98. The number of amides is 2. The summed E-state index contributed by atoms with van der Waals surface area (Å²) in [6.45, 7) is 2.02. The van der Waals surface area contributed by atoms with E-state index in [4.69, 9.17) is 5.84 Å². The molecule has 2 aromatic carbocycles. The number of likely N-dealkylation sites (tertiary alicyclic amines) is 1. The third-order valence-corrected chi connectivity index (χ3v) is 7.07. The number of carbonyl (C=O) groups is 2. The molecule has 0 radical (unpaired) electrons. The number of rotatable bonds is 10.